The topological polar surface area (TPSA) is 69.6 Å². The van der Waals surface area contributed by atoms with Gasteiger partial charge in [-0.25, -0.2) is 4.79 Å². The second-order valence-corrected chi connectivity index (χ2v) is 11.6. The van der Waals surface area contributed by atoms with Gasteiger partial charge in [0.25, 0.3) is 0 Å². The van der Waals surface area contributed by atoms with Gasteiger partial charge in [-0.1, -0.05) is 43.4 Å². The lowest BCUT2D eigenvalue weighted by molar-refractivity contribution is 0.189. The molecule has 3 N–H and O–H groups in total. The number of aliphatic hydroxyl groups is 1. The van der Waals surface area contributed by atoms with Crippen LogP contribution in [0.2, 0.25) is 24.7 Å². The molecule has 1 unspecified atom stereocenters. The highest BCUT2D eigenvalue weighted by atomic mass is 35.5. The van der Waals surface area contributed by atoms with Crippen LogP contribution in [0.25, 0.3) is 0 Å². The molecule has 4 nitrogen and oxygen atoms in total. The van der Waals surface area contributed by atoms with Crippen molar-refractivity contribution < 1.29 is 15.0 Å². The fraction of sp³-hybridized carbons (Fsp3) is 0.429. The zero-order valence-corrected chi connectivity index (χ0v) is 13.8. The minimum atomic E-state index is -1.98. The number of rotatable bonds is 5. The van der Waals surface area contributed by atoms with E-state index in [-0.39, 0.29) is 6.61 Å². The fourth-order valence-corrected chi connectivity index (χ4v) is 3.79. The Kier molecular flexibility index (Phi) is 5.24. The largest absolute Gasteiger partial charge is 0.465 e. The van der Waals surface area contributed by atoms with Gasteiger partial charge in [-0.2, -0.15) is 0 Å². The highest BCUT2D eigenvalue weighted by Gasteiger charge is 2.42. The third kappa shape index (κ3) is 3.53. The number of amides is 1. The third-order valence-corrected chi connectivity index (χ3v) is 6.85. The Morgan fingerprint density at radius 3 is 2.45 bits per heavy atom. The monoisotopic (exact) mass is 314 g/mol. The van der Waals surface area contributed by atoms with E-state index in [4.69, 9.17) is 21.8 Å². The van der Waals surface area contributed by atoms with Gasteiger partial charge in [0.15, 0.2) is 0 Å². The molecule has 0 fully saturated rings. The molecule has 0 heterocycles. The van der Waals surface area contributed by atoms with E-state index >= 15 is 0 Å². The Hall–Kier alpha value is -1.04. The van der Waals surface area contributed by atoms with E-state index in [1.807, 2.05) is 31.8 Å². The van der Waals surface area contributed by atoms with E-state index in [9.17, 15) is 4.79 Å². The Morgan fingerprint density at radius 1 is 1.45 bits per heavy atom. The summed E-state index contributed by atoms with van der Waals surface area (Å²) in [5.74, 6) is 0. The Balaban J connectivity index is 3.29. The van der Waals surface area contributed by atoms with Crippen molar-refractivity contribution in [3.63, 3.8) is 0 Å². The maximum atomic E-state index is 11.1. The average molecular weight is 315 g/mol. The molecular weight excluding hydrogens is 294 g/mol. The van der Waals surface area contributed by atoms with Crippen LogP contribution in [-0.2, 0) is 11.6 Å². The molecule has 0 aliphatic heterocycles. The first kappa shape index (κ1) is 17.0. The Bertz CT molecular complexity index is 502. The molecule has 0 aliphatic carbocycles. The number of hydrogen-bond donors (Lipinski definition) is 3. The van der Waals surface area contributed by atoms with Gasteiger partial charge in [-0.15, -0.1) is 0 Å². The molecule has 1 aromatic rings. The average Bonchev–Trinajstić information content (AvgIpc) is 2.29. The van der Waals surface area contributed by atoms with Gasteiger partial charge in [0.05, 0.1) is 13.2 Å². The molecule has 0 bridgehead atoms. The van der Waals surface area contributed by atoms with Crippen LogP contribution in [0.5, 0.6) is 0 Å². The van der Waals surface area contributed by atoms with Crippen molar-refractivity contribution >= 4 is 25.8 Å². The summed E-state index contributed by atoms with van der Waals surface area (Å²) in [6, 6.07) is 5.39. The number of benzene rings is 1. The summed E-state index contributed by atoms with van der Waals surface area (Å²) in [5.41, 5.74) is 1.59. The molecular formula is C14H21ClNO3Si. The lowest BCUT2D eigenvalue weighted by atomic mass is 10.0. The summed E-state index contributed by atoms with van der Waals surface area (Å²) in [6.07, 6.45) is -0.624. The van der Waals surface area contributed by atoms with Gasteiger partial charge in [0.1, 0.15) is 0 Å². The zero-order chi connectivity index (χ0) is 15.6. The first-order chi connectivity index (χ1) is 9.11. The minimum Gasteiger partial charge on any atom is -0.465 e. The van der Waals surface area contributed by atoms with E-state index < -0.39 is 19.3 Å². The molecule has 1 atom stereocenters. The summed E-state index contributed by atoms with van der Waals surface area (Å²) in [7, 11) is -1.98. The van der Waals surface area contributed by atoms with Gasteiger partial charge in [-0.05, 0) is 30.5 Å². The SMILES string of the molecule is [CH2]C(NC(=O)O)(c1ccc(CCO)c(Cl)c1)[Si](C)(C)C. The molecule has 6 heteroatoms. The summed E-state index contributed by atoms with van der Waals surface area (Å²) in [4.78, 5) is 11.1. The van der Waals surface area contributed by atoms with Crippen molar-refractivity contribution in [1.82, 2.24) is 5.32 Å². The second kappa shape index (κ2) is 6.16. The van der Waals surface area contributed by atoms with E-state index in [1.165, 1.54) is 0 Å². The van der Waals surface area contributed by atoms with Crippen molar-refractivity contribution in [3.05, 3.63) is 41.3 Å². The quantitative estimate of drug-likeness (QED) is 0.732. The number of halogens is 1. The number of carboxylic acid groups (broad SMARTS) is 1. The third-order valence-electron chi connectivity index (χ3n) is 3.53. The normalized spacial score (nSPS) is 14.7. The van der Waals surface area contributed by atoms with Crippen LogP contribution in [0.15, 0.2) is 18.2 Å². The first-order valence-electron chi connectivity index (χ1n) is 6.38. The van der Waals surface area contributed by atoms with Crippen LogP contribution < -0.4 is 5.32 Å². The summed E-state index contributed by atoms with van der Waals surface area (Å²) >= 11 is 6.20. The number of aliphatic hydroxyl groups excluding tert-OH is 1. The number of hydrogen-bond acceptors (Lipinski definition) is 2. The van der Waals surface area contributed by atoms with Gasteiger partial charge < -0.3 is 15.5 Å². The summed E-state index contributed by atoms with van der Waals surface area (Å²) in [5, 5.41) is 20.3. The van der Waals surface area contributed by atoms with Crippen LogP contribution >= 0.6 is 11.6 Å². The Morgan fingerprint density at radius 2 is 2.05 bits per heavy atom. The maximum absolute atomic E-state index is 11.1. The van der Waals surface area contributed by atoms with Crippen molar-refractivity contribution in [3.8, 4) is 0 Å². The molecule has 1 aromatic carbocycles. The van der Waals surface area contributed by atoms with Gasteiger partial charge in [-0.3, -0.25) is 0 Å². The van der Waals surface area contributed by atoms with Gasteiger partial charge in [0, 0.05) is 11.6 Å². The molecule has 0 saturated carbocycles. The highest BCUT2D eigenvalue weighted by Crippen LogP contribution is 2.33. The van der Waals surface area contributed by atoms with E-state index in [0.717, 1.165) is 11.1 Å². The predicted octanol–water partition coefficient (Wildman–Crippen LogP) is 3.05. The zero-order valence-electron chi connectivity index (χ0n) is 12.0. The molecule has 1 rings (SSSR count). The lowest BCUT2D eigenvalue weighted by Crippen LogP contribution is -2.59. The molecule has 0 spiro atoms. The van der Waals surface area contributed by atoms with E-state index in [2.05, 4.69) is 12.2 Å². The first-order valence-corrected chi connectivity index (χ1v) is 10.3. The molecule has 0 aromatic heterocycles. The van der Waals surface area contributed by atoms with Crippen LogP contribution in [0.1, 0.15) is 11.1 Å². The molecule has 0 aliphatic rings. The Labute approximate surface area is 125 Å². The van der Waals surface area contributed by atoms with E-state index in [0.29, 0.717) is 11.4 Å². The number of nitrogens with one attached hydrogen (secondary N) is 1. The fourth-order valence-electron chi connectivity index (χ4n) is 2.01. The molecule has 111 valence electrons. The molecule has 1 amide bonds. The molecule has 20 heavy (non-hydrogen) atoms. The van der Waals surface area contributed by atoms with Crippen LogP contribution in [-0.4, -0.2) is 31.0 Å². The standard InChI is InChI=1S/C14H21ClNO3Si/c1-14(16-13(18)19,20(2,3)4)11-6-5-10(7-8-17)12(15)9-11/h5-6,9,16-17H,1,7-8H2,2-4H3,(H,18,19). The maximum Gasteiger partial charge on any atom is 0.405 e. The summed E-state index contributed by atoms with van der Waals surface area (Å²) in [6.45, 7) is 10.3. The molecule has 1 radical (unpaired) electrons. The highest BCUT2D eigenvalue weighted by molar-refractivity contribution is 6.79. The van der Waals surface area contributed by atoms with Crippen molar-refractivity contribution in [2.45, 2.75) is 31.2 Å². The number of carbonyl (C=O) groups is 1. The smallest absolute Gasteiger partial charge is 0.405 e. The van der Waals surface area contributed by atoms with Crippen molar-refractivity contribution in [2.24, 2.45) is 0 Å². The van der Waals surface area contributed by atoms with Gasteiger partial charge in [0.2, 0.25) is 0 Å². The predicted molar refractivity (Wildman–Crippen MR) is 83.8 cm³/mol. The van der Waals surface area contributed by atoms with E-state index in [1.54, 1.807) is 6.07 Å². The second-order valence-electron chi connectivity index (χ2n) is 5.87. The summed E-state index contributed by atoms with van der Waals surface area (Å²) < 4.78 is 0. The lowest BCUT2D eigenvalue weighted by Gasteiger charge is -2.41. The van der Waals surface area contributed by atoms with Crippen molar-refractivity contribution in [1.29, 1.82) is 0 Å². The van der Waals surface area contributed by atoms with Crippen molar-refractivity contribution in [2.75, 3.05) is 6.61 Å². The molecule has 0 saturated heterocycles. The minimum absolute atomic E-state index is 0.0238. The van der Waals surface area contributed by atoms with Crippen LogP contribution in [0.3, 0.4) is 0 Å². The van der Waals surface area contributed by atoms with Crippen LogP contribution in [0.4, 0.5) is 4.79 Å². The van der Waals surface area contributed by atoms with Gasteiger partial charge >= 0.3 is 6.09 Å². The van der Waals surface area contributed by atoms with Crippen LogP contribution in [0, 0.1) is 6.92 Å².